The average Bonchev–Trinajstić information content (AvgIpc) is 3.27. The lowest BCUT2D eigenvalue weighted by Gasteiger charge is -2.20. The molecule has 0 fully saturated rings. The van der Waals surface area contributed by atoms with Crippen molar-refractivity contribution in [2.75, 3.05) is 18.9 Å². The second-order valence-corrected chi connectivity index (χ2v) is 7.53. The molecular formula is C18H15F3N4O2S. The number of hydrogen-bond acceptors (Lipinski definition) is 6. The van der Waals surface area contributed by atoms with E-state index in [-0.39, 0.29) is 11.6 Å². The number of rotatable bonds is 3. The minimum absolute atomic E-state index is 0.0280. The molecule has 0 unspecified atom stereocenters. The maximum atomic E-state index is 12.6. The number of nitrogens with zero attached hydrogens (tertiary/aromatic N) is 3. The van der Waals surface area contributed by atoms with Crippen molar-refractivity contribution in [2.24, 2.45) is 0 Å². The number of hydrogen-bond donors (Lipinski definition) is 1. The van der Waals surface area contributed by atoms with Gasteiger partial charge in [-0.15, -0.1) is 11.3 Å². The fourth-order valence-corrected chi connectivity index (χ4v) is 3.93. The highest BCUT2D eigenvalue weighted by molar-refractivity contribution is 7.15. The molecule has 0 radical (unpaired) electrons. The first kappa shape index (κ1) is 18.6. The van der Waals surface area contributed by atoms with Crippen molar-refractivity contribution in [3.8, 4) is 11.5 Å². The summed E-state index contributed by atoms with van der Waals surface area (Å²) in [6.07, 6.45) is -2.41. The van der Waals surface area contributed by atoms with Crippen molar-refractivity contribution in [3.63, 3.8) is 0 Å². The van der Waals surface area contributed by atoms with E-state index in [1.54, 1.807) is 0 Å². The summed E-state index contributed by atoms with van der Waals surface area (Å²) in [4.78, 5) is 24.2. The number of fused-ring (bicyclic) bond motifs is 1. The number of aromatic nitrogens is 2. The van der Waals surface area contributed by atoms with Gasteiger partial charge in [-0.2, -0.15) is 13.2 Å². The van der Waals surface area contributed by atoms with Crippen LogP contribution in [0.2, 0.25) is 0 Å². The van der Waals surface area contributed by atoms with E-state index in [9.17, 15) is 18.0 Å². The molecule has 1 aliphatic heterocycles. The predicted octanol–water partition coefficient (Wildman–Crippen LogP) is 4.06. The Hall–Kier alpha value is -2.72. The molecule has 28 heavy (non-hydrogen) atoms. The van der Waals surface area contributed by atoms with Gasteiger partial charge in [0.05, 0.1) is 11.3 Å². The molecule has 2 aromatic heterocycles. The lowest BCUT2D eigenvalue weighted by atomic mass is 10.1. The zero-order chi connectivity index (χ0) is 19.9. The van der Waals surface area contributed by atoms with Gasteiger partial charge in [0.2, 0.25) is 5.89 Å². The Labute approximate surface area is 162 Å². The molecule has 0 bridgehead atoms. The van der Waals surface area contributed by atoms with E-state index in [1.807, 2.05) is 7.05 Å². The number of alkyl halides is 3. The SMILES string of the molecule is CN1CCc2nc(NC(=O)c3coc(-c4ccc(C(F)(F)F)cc4)n3)sc2C1. The monoisotopic (exact) mass is 408 g/mol. The van der Waals surface area contributed by atoms with Crippen LogP contribution in [0.15, 0.2) is 34.9 Å². The van der Waals surface area contributed by atoms with Crippen molar-refractivity contribution in [3.05, 3.63) is 52.4 Å². The number of amides is 1. The Morgan fingerprint density at radius 2 is 2.00 bits per heavy atom. The van der Waals surface area contributed by atoms with E-state index >= 15 is 0 Å². The summed E-state index contributed by atoms with van der Waals surface area (Å²) in [6.45, 7) is 1.72. The number of anilines is 1. The molecule has 0 saturated carbocycles. The number of carbonyl (C=O) groups is 1. The smallest absolute Gasteiger partial charge is 0.416 e. The Bertz CT molecular complexity index is 1010. The quantitative estimate of drug-likeness (QED) is 0.708. The molecule has 0 spiro atoms. The molecule has 3 aromatic rings. The van der Waals surface area contributed by atoms with Gasteiger partial charge in [0, 0.05) is 30.0 Å². The average molecular weight is 408 g/mol. The zero-order valence-electron chi connectivity index (χ0n) is 14.7. The van der Waals surface area contributed by atoms with Crippen LogP contribution >= 0.6 is 11.3 Å². The molecule has 1 aliphatic rings. The molecule has 0 atom stereocenters. The fraction of sp³-hybridized carbons (Fsp3) is 0.278. The number of oxazole rings is 1. The molecule has 0 saturated heterocycles. The standard InChI is InChI=1S/C18H15F3N4O2S/c1-25-7-6-12-14(8-25)28-17(23-12)24-15(26)13-9-27-16(22-13)10-2-4-11(5-3-10)18(19,20)21/h2-5,9H,6-8H2,1H3,(H,23,24,26). The van der Waals surface area contributed by atoms with E-state index in [4.69, 9.17) is 4.42 Å². The second-order valence-electron chi connectivity index (χ2n) is 6.44. The molecule has 6 nitrogen and oxygen atoms in total. The number of benzene rings is 1. The summed E-state index contributed by atoms with van der Waals surface area (Å²) in [7, 11) is 2.03. The summed E-state index contributed by atoms with van der Waals surface area (Å²) >= 11 is 1.42. The lowest BCUT2D eigenvalue weighted by molar-refractivity contribution is -0.137. The number of nitrogens with one attached hydrogen (secondary N) is 1. The van der Waals surface area contributed by atoms with E-state index in [0.717, 1.165) is 42.2 Å². The van der Waals surface area contributed by atoms with Crippen LogP contribution in [0.1, 0.15) is 26.6 Å². The van der Waals surface area contributed by atoms with Gasteiger partial charge in [-0.3, -0.25) is 10.1 Å². The molecule has 1 amide bonds. The Balaban J connectivity index is 1.47. The highest BCUT2D eigenvalue weighted by atomic mass is 32.1. The summed E-state index contributed by atoms with van der Waals surface area (Å²) in [5.74, 6) is -0.416. The topological polar surface area (TPSA) is 71.3 Å². The first-order chi connectivity index (χ1) is 13.3. The van der Waals surface area contributed by atoms with Crippen molar-refractivity contribution in [1.29, 1.82) is 0 Å². The molecule has 4 rings (SSSR count). The molecule has 0 aliphatic carbocycles. The molecule has 146 valence electrons. The summed E-state index contributed by atoms with van der Waals surface area (Å²) < 4.78 is 43.2. The number of likely N-dealkylation sites (N-methyl/N-ethyl adjacent to an activating group) is 1. The molecule has 1 N–H and O–H groups in total. The van der Waals surface area contributed by atoms with E-state index in [1.165, 1.54) is 29.7 Å². The lowest BCUT2D eigenvalue weighted by Crippen LogP contribution is -2.25. The molecule has 1 aromatic carbocycles. The van der Waals surface area contributed by atoms with Crippen molar-refractivity contribution >= 4 is 22.4 Å². The van der Waals surface area contributed by atoms with Crippen molar-refractivity contribution in [1.82, 2.24) is 14.9 Å². The van der Waals surface area contributed by atoms with Crippen LogP contribution in [0.3, 0.4) is 0 Å². The first-order valence-electron chi connectivity index (χ1n) is 8.41. The molecule has 10 heteroatoms. The van der Waals surface area contributed by atoms with E-state index in [0.29, 0.717) is 10.7 Å². The van der Waals surface area contributed by atoms with E-state index in [2.05, 4.69) is 20.2 Å². The largest absolute Gasteiger partial charge is 0.444 e. The highest BCUT2D eigenvalue weighted by Gasteiger charge is 2.30. The minimum Gasteiger partial charge on any atom is -0.444 e. The van der Waals surface area contributed by atoms with Gasteiger partial charge in [0.25, 0.3) is 5.91 Å². The summed E-state index contributed by atoms with van der Waals surface area (Å²) in [6, 6.07) is 4.39. The molecule has 3 heterocycles. The first-order valence-corrected chi connectivity index (χ1v) is 9.23. The Morgan fingerprint density at radius 1 is 1.25 bits per heavy atom. The van der Waals surface area contributed by atoms with Crippen LogP contribution in [-0.4, -0.2) is 34.4 Å². The minimum atomic E-state index is -4.41. The zero-order valence-corrected chi connectivity index (χ0v) is 15.5. The number of carbonyl (C=O) groups excluding carboxylic acids is 1. The second kappa shape index (κ2) is 7.02. The number of halogens is 3. The van der Waals surface area contributed by atoms with Crippen LogP contribution in [0.5, 0.6) is 0 Å². The Morgan fingerprint density at radius 3 is 2.71 bits per heavy atom. The number of thiazole rings is 1. The third-order valence-corrected chi connectivity index (χ3v) is 5.34. The third kappa shape index (κ3) is 3.78. The van der Waals surface area contributed by atoms with E-state index < -0.39 is 17.6 Å². The third-order valence-electron chi connectivity index (χ3n) is 4.34. The van der Waals surface area contributed by atoms with Gasteiger partial charge in [-0.25, -0.2) is 9.97 Å². The van der Waals surface area contributed by atoms with Gasteiger partial charge in [0.15, 0.2) is 10.8 Å². The van der Waals surface area contributed by atoms with Crippen LogP contribution in [0.25, 0.3) is 11.5 Å². The highest BCUT2D eigenvalue weighted by Crippen LogP contribution is 2.31. The maximum Gasteiger partial charge on any atom is 0.416 e. The maximum absolute atomic E-state index is 12.6. The van der Waals surface area contributed by atoms with Gasteiger partial charge in [-0.1, -0.05) is 0 Å². The predicted molar refractivity (Wildman–Crippen MR) is 97.0 cm³/mol. The summed E-state index contributed by atoms with van der Waals surface area (Å²) in [5.41, 5.74) is 0.600. The van der Waals surface area contributed by atoms with Crippen molar-refractivity contribution in [2.45, 2.75) is 19.1 Å². The normalized spacial score (nSPS) is 14.7. The summed E-state index contributed by atoms with van der Waals surface area (Å²) in [5, 5.41) is 3.19. The Kier molecular flexibility index (Phi) is 4.68. The van der Waals surface area contributed by atoms with Gasteiger partial charge < -0.3 is 9.32 Å². The van der Waals surface area contributed by atoms with Gasteiger partial charge in [0.1, 0.15) is 6.26 Å². The molecular weight excluding hydrogens is 393 g/mol. The van der Waals surface area contributed by atoms with Gasteiger partial charge >= 0.3 is 6.18 Å². The fourth-order valence-electron chi connectivity index (χ4n) is 2.85. The van der Waals surface area contributed by atoms with Gasteiger partial charge in [-0.05, 0) is 31.3 Å². The van der Waals surface area contributed by atoms with Crippen LogP contribution < -0.4 is 5.32 Å². The van der Waals surface area contributed by atoms with Crippen LogP contribution in [-0.2, 0) is 19.1 Å². The van der Waals surface area contributed by atoms with Crippen LogP contribution in [0, 0.1) is 0 Å². The van der Waals surface area contributed by atoms with Crippen molar-refractivity contribution < 1.29 is 22.4 Å². The van der Waals surface area contributed by atoms with Crippen LogP contribution in [0.4, 0.5) is 18.3 Å².